The number of nitrogens with one attached hydrogen (secondary N) is 2. The molecule has 10 nitrogen and oxygen atoms in total. The number of aromatic nitrogens is 2. The molecular weight excluding hydrogens is 422 g/mol. The van der Waals surface area contributed by atoms with Gasteiger partial charge in [0.25, 0.3) is 0 Å². The Balaban J connectivity index is 1.86. The van der Waals surface area contributed by atoms with Crippen molar-refractivity contribution in [1.82, 2.24) is 15.1 Å². The van der Waals surface area contributed by atoms with Gasteiger partial charge in [-0.25, -0.2) is 9.10 Å². The van der Waals surface area contributed by atoms with E-state index in [0.29, 0.717) is 31.7 Å². The maximum Gasteiger partial charge on any atom is 0.432 e. The van der Waals surface area contributed by atoms with E-state index < -0.39 is 26.8 Å². The standard InChI is InChI=1S/C20H35N5O5S/c1-14(2)23-13-18(12-21-23)24(17-8-10-30-11-9-17)31(28,29)25(27)20(26)22-19-15(3)6-5-7-16(19)4/h12-17,19,25H,5-11H2,1-4H3,(H,22,26). The second kappa shape index (κ2) is 9.85. The first-order valence-electron chi connectivity index (χ1n) is 11.1. The van der Waals surface area contributed by atoms with Gasteiger partial charge < -0.3 is 15.3 Å². The van der Waals surface area contributed by atoms with Crippen molar-refractivity contribution in [3.8, 4) is 0 Å². The summed E-state index contributed by atoms with van der Waals surface area (Å²) in [6, 6.07) is -1.70. The molecule has 2 N–H and O–H groups in total. The van der Waals surface area contributed by atoms with Crippen molar-refractivity contribution in [2.45, 2.75) is 77.9 Å². The van der Waals surface area contributed by atoms with Gasteiger partial charge in [-0.15, -0.1) is 0 Å². The number of nitrogens with zero attached hydrogens (tertiary/aromatic N) is 3. The van der Waals surface area contributed by atoms with Gasteiger partial charge >= 0.3 is 16.2 Å². The number of amides is 2. The van der Waals surface area contributed by atoms with Crippen molar-refractivity contribution >= 4 is 21.9 Å². The van der Waals surface area contributed by atoms with E-state index >= 15 is 0 Å². The summed E-state index contributed by atoms with van der Waals surface area (Å²) < 4.78 is 33.5. The normalized spacial score (nSPS) is 26.6. The van der Waals surface area contributed by atoms with Crippen LogP contribution in [-0.2, 0) is 14.9 Å². The SMILES string of the molecule is CC1CCCC(C)C1NC(=O)[NH+]([O-])S(=O)(=O)N(c1cnn(C(C)C)c1)C1CCOCC1. The zero-order valence-corrected chi connectivity index (χ0v) is 19.6. The number of hydrogen-bond acceptors (Lipinski definition) is 6. The lowest BCUT2D eigenvalue weighted by Crippen LogP contribution is -3.15. The zero-order valence-electron chi connectivity index (χ0n) is 18.8. The number of urea groups is 1. The van der Waals surface area contributed by atoms with E-state index in [1.54, 1.807) is 10.9 Å². The van der Waals surface area contributed by atoms with E-state index in [1.807, 2.05) is 27.7 Å². The summed E-state index contributed by atoms with van der Waals surface area (Å²) in [5.74, 6) is 0.387. The first-order chi connectivity index (χ1) is 14.6. The minimum absolute atomic E-state index is 0.0290. The van der Waals surface area contributed by atoms with Crippen LogP contribution >= 0.6 is 0 Å². The molecule has 3 atom stereocenters. The van der Waals surface area contributed by atoms with Crippen LogP contribution in [0, 0.1) is 17.0 Å². The number of carbonyl (C=O) groups is 1. The van der Waals surface area contributed by atoms with E-state index in [1.165, 1.54) is 6.20 Å². The smallest absolute Gasteiger partial charge is 0.432 e. The lowest BCUT2D eigenvalue weighted by molar-refractivity contribution is -0.609. The molecule has 1 aromatic heterocycles. The van der Waals surface area contributed by atoms with Gasteiger partial charge in [0.1, 0.15) is 0 Å². The van der Waals surface area contributed by atoms with E-state index in [4.69, 9.17) is 4.74 Å². The highest BCUT2D eigenvalue weighted by Crippen LogP contribution is 2.29. The van der Waals surface area contributed by atoms with Crippen molar-refractivity contribution in [3.05, 3.63) is 17.6 Å². The highest BCUT2D eigenvalue weighted by atomic mass is 32.2. The van der Waals surface area contributed by atoms with Crippen LogP contribution in [-0.4, -0.2) is 49.5 Å². The average molecular weight is 458 g/mol. The molecule has 176 valence electrons. The number of hydroxylamine groups is 1. The summed E-state index contributed by atoms with van der Waals surface area (Å²) in [5.41, 5.74) is 0.293. The van der Waals surface area contributed by atoms with Gasteiger partial charge in [0, 0.05) is 31.5 Å². The molecule has 31 heavy (non-hydrogen) atoms. The predicted octanol–water partition coefficient (Wildman–Crippen LogP) is 1.61. The predicted molar refractivity (Wildman–Crippen MR) is 117 cm³/mol. The molecule has 1 aliphatic heterocycles. The molecular formula is C20H35N5O5S. The molecule has 1 saturated heterocycles. The third kappa shape index (κ3) is 5.21. The van der Waals surface area contributed by atoms with Crippen molar-refractivity contribution < 1.29 is 22.4 Å². The topological polar surface area (TPSA) is 121 Å². The van der Waals surface area contributed by atoms with Crippen LogP contribution in [0.5, 0.6) is 0 Å². The fourth-order valence-corrected chi connectivity index (χ4v) is 6.02. The van der Waals surface area contributed by atoms with Crippen LogP contribution in [0.2, 0.25) is 0 Å². The third-order valence-electron chi connectivity index (χ3n) is 6.42. The summed E-state index contributed by atoms with van der Waals surface area (Å²) in [7, 11) is -4.58. The van der Waals surface area contributed by atoms with Crippen molar-refractivity contribution in [2.24, 2.45) is 11.8 Å². The lowest BCUT2D eigenvalue weighted by atomic mass is 9.79. The number of anilines is 1. The lowest BCUT2D eigenvalue weighted by Gasteiger charge is -2.37. The third-order valence-corrected chi connectivity index (χ3v) is 8.10. The maximum atomic E-state index is 13.4. The molecule has 0 aromatic carbocycles. The van der Waals surface area contributed by atoms with Crippen molar-refractivity contribution in [2.75, 3.05) is 17.5 Å². The Morgan fingerprint density at radius 2 is 1.87 bits per heavy atom. The molecule has 0 spiro atoms. The van der Waals surface area contributed by atoms with Crippen LogP contribution in [0.25, 0.3) is 0 Å². The summed E-state index contributed by atoms with van der Waals surface area (Å²) in [6.45, 7) is 8.69. The largest absolute Gasteiger partial charge is 0.608 e. The van der Waals surface area contributed by atoms with Gasteiger partial charge in [0.15, 0.2) is 0 Å². The Kier molecular flexibility index (Phi) is 7.61. The highest BCUT2D eigenvalue weighted by molar-refractivity contribution is 7.86. The van der Waals surface area contributed by atoms with Crippen LogP contribution in [0.15, 0.2) is 12.4 Å². The van der Waals surface area contributed by atoms with E-state index in [-0.39, 0.29) is 23.9 Å². The Bertz CT molecular complexity index is 842. The second-order valence-electron chi connectivity index (χ2n) is 9.09. The van der Waals surface area contributed by atoms with Gasteiger partial charge in [-0.05, 0) is 51.4 Å². The second-order valence-corrected chi connectivity index (χ2v) is 10.8. The fourth-order valence-electron chi connectivity index (χ4n) is 4.57. The Morgan fingerprint density at radius 3 is 2.42 bits per heavy atom. The zero-order chi connectivity index (χ0) is 22.8. The van der Waals surface area contributed by atoms with Crippen LogP contribution < -0.4 is 14.1 Å². The maximum absolute atomic E-state index is 13.4. The fraction of sp³-hybridized carbons (Fsp3) is 0.800. The van der Waals surface area contributed by atoms with Gasteiger partial charge in [-0.3, -0.25) is 4.68 Å². The number of quaternary nitrogens is 1. The Hall–Kier alpha value is -1.69. The van der Waals surface area contributed by atoms with Crippen LogP contribution in [0.4, 0.5) is 10.5 Å². The van der Waals surface area contributed by atoms with Gasteiger partial charge in [0.2, 0.25) is 0 Å². The minimum atomic E-state index is -4.58. The van der Waals surface area contributed by atoms with Gasteiger partial charge in [0.05, 0.1) is 17.9 Å². The summed E-state index contributed by atoms with van der Waals surface area (Å²) in [6.07, 6.45) is 6.88. The monoisotopic (exact) mass is 457 g/mol. The molecule has 2 amide bonds. The Labute approximate surface area is 184 Å². The van der Waals surface area contributed by atoms with Crippen LogP contribution in [0.3, 0.4) is 0 Å². The molecule has 2 heterocycles. The first kappa shape index (κ1) is 24.0. The average Bonchev–Trinajstić information content (AvgIpc) is 3.20. The number of carbonyl (C=O) groups excluding carboxylic acids is 1. The molecule has 1 aliphatic carbocycles. The number of ether oxygens (including phenoxy) is 1. The molecule has 11 heteroatoms. The molecule has 3 unspecified atom stereocenters. The summed E-state index contributed by atoms with van der Waals surface area (Å²) in [4.78, 5) is 12.8. The van der Waals surface area contributed by atoms with Gasteiger partial charge in [-0.2, -0.15) is 18.0 Å². The summed E-state index contributed by atoms with van der Waals surface area (Å²) in [5, 5.41) is 19.9. The van der Waals surface area contributed by atoms with E-state index in [0.717, 1.165) is 23.6 Å². The number of rotatable bonds is 6. The molecule has 1 saturated carbocycles. The van der Waals surface area contributed by atoms with Gasteiger partial charge in [-0.1, -0.05) is 20.3 Å². The summed E-state index contributed by atoms with van der Waals surface area (Å²) >= 11 is 0. The highest BCUT2D eigenvalue weighted by Gasteiger charge is 2.41. The quantitative estimate of drug-likeness (QED) is 0.626. The molecule has 1 aromatic rings. The van der Waals surface area contributed by atoms with E-state index in [2.05, 4.69) is 10.4 Å². The molecule has 0 bridgehead atoms. The van der Waals surface area contributed by atoms with Crippen LogP contribution in [0.1, 0.15) is 65.8 Å². The molecule has 3 rings (SSSR count). The van der Waals surface area contributed by atoms with Crippen molar-refractivity contribution in [1.29, 1.82) is 0 Å². The minimum Gasteiger partial charge on any atom is -0.608 e. The first-order valence-corrected chi connectivity index (χ1v) is 12.6. The molecule has 0 radical (unpaired) electrons. The molecule has 2 fully saturated rings. The van der Waals surface area contributed by atoms with E-state index in [9.17, 15) is 18.4 Å². The number of hydrogen-bond donors (Lipinski definition) is 2. The Morgan fingerprint density at radius 1 is 1.26 bits per heavy atom. The molecule has 2 aliphatic rings. The van der Waals surface area contributed by atoms with Crippen molar-refractivity contribution in [3.63, 3.8) is 0 Å².